The van der Waals surface area contributed by atoms with Crippen LogP contribution in [0.2, 0.25) is 5.02 Å². The van der Waals surface area contributed by atoms with Gasteiger partial charge in [-0.15, -0.1) is 5.10 Å². The summed E-state index contributed by atoms with van der Waals surface area (Å²) < 4.78 is 6.28. The van der Waals surface area contributed by atoms with E-state index in [1.807, 2.05) is 6.07 Å². The van der Waals surface area contributed by atoms with Crippen LogP contribution in [-0.2, 0) is 4.74 Å². The summed E-state index contributed by atoms with van der Waals surface area (Å²) in [4.78, 5) is 17.4. The van der Waals surface area contributed by atoms with Crippen molar-refractivity contribution in [3.8, 4) is 0 Å². The van der Waals surface area contributed by atoms with Crippen molar-refractivity contribution in [2.24, 2.45) is 0 Å². The molecule has 2 aromatic heterocycles. The molecule has 1 fully saturated rings. The Hall–Kier alpha value is -2.15. The zero-order valence-electron chi connectivity index (χ0n) is 10.7. The molecule has 0 bridgehead atoms. The van der Waals surface area contributed by atoms with Gasteiger partial charge in [-0.1, -0.05) is 16.8 Å². The van der Waals surface area contributed by atoms with Crippen LogP contribution in [-0.4, -0.2) is 46.1 Å². The zero-order valence-corrected chi connectivity index (χ0v) is 11.5. The van der Waals surface area contributed by atoms with Gasteiger partial charge in [0.25, 0.3) is 0 Å². The molecular formula is C12H12ClN5O2. The lowest BCUT2D eigenvalue weighted by Gasteiger charge is -2.40. The van der Waals surface area contributed by atoms with Gasteiger partial charge >= 0.3 is 5.97 Å². The Morgan fingerprint density at radius 3 is 3.00 bits per heavy atom. The first kappa shape index (κ1) is 12.9. The minimum Gasteiger partial charge on any atom is -0.464 e. The van der Waals surface area contributed by atoms with E-state index in [0.717, 1.165) is 18.8 Å². The first-order valence-corrected chi connectivity index (χ1v) is 6.41. The fraction of sp³-hybridized carbons (Fsp3) is 0.333. The Bertz CT molecular complexity index is 638. The molecule has 0 atom stereocenters. The highest BCUT2D eigenvalue weighted by Gasteiger charge is 2.31. The van der Waals surface area contributed by atoms with E-state index < -0.39 is 5.97 Å². The van der Waals surface area contributed by atoms with Crippen LogP contribution < -0.4 is 4.90 Å². The number of anilines is 1. The SMILES string of the molecule is COC(=O)c1cn(C2CN(c3ccncc3Cl)C2)nn1. The molecule has 0 saturated carbocycles. The predicted octanol–water partition coefficient (Wildman–Crippen LogP) is 1.17. The number of rotatable bonds is 3. The van der Waals surface area contributed by atoms with E-state index in [-0.39, 0.29) is 11.7 Å². The summed E-state index contributed by atoms with van der Waals surface area (Å²) in [6, 6.07) is 2.05. The number of hydrogen-bond acceptors (Lipinski definition) is 6. The number of ether oxygens (including phenoxy) is 1. The molecule has 104 valence electrons. The summed E-state index contributed by atoms with van der Waals surface area (Å²) in [5.41, 5.74) is 1.17. The van der Waals surface area contributed by atoms with Gasteiger partial charge < -0.3 is 9.64 Å². The summed E-state index contributed by atoms with van der Waals surface area (Å²) in [5.74, 6) is -0.482. The quantitative estimate of drug-likeness (QED) is 0.791. The van der Waals surface area contributed by atoms with Crippen molar-refractivity contribution < 1.29 is 9.53 Å². The molecule has 1 aliphatic rings. The molecule has 1 saturated heterocycles. The maximum absolute atomic E-state index is 11.3. The average Bonchev–Trinajstić information content (AvgIpc) is 2.88. The average molecular weight is 294 g/mol. The van der Waals surface area contributed by atoms with Gasteiger partial charge in [-0.3, -0.25) is 4.98 Å². The van der Waals surface area contributed by atoms with Gasteiger partial charge in [0.2, 0.25) is 0 Å². The summed E-state index contributed by atoms with van der Waals surface area (Å²) in [7, 11) is 1.32. The van der Waals surface area contributed by atoms with Crippen LogP contribution in [0.15, 0.2) is 24.7 Å². The van der Waals surface area contributed by atoms with Gasteiger partial charge in [0.1, 0.15) is 0 Å². The Morgan fingerprint density at radius 1 is 1.50 bits per heavy atom. The van der Waals surface area contributed by atoms with Gasteiger partial charge in [-0.25, -0.2) is 9.48 Å². The minimum atomic E-state index is -0.482. The first-order chi connectivity index (χ1) is 9.69. The second kappa shape index (κ2) is 5.09. The third-order valence-corrected chi connectivity index (χ3v) is 3.52. The van der Waals surface area contributed by atoms with E-state index in [1.54, 1.807) is 23.3 Å². The van der Waals surface area contributed by atoms with Crippen molar-refractivity contribution in [2.45, 2.75) is 6.04 Å². The monoisotopic (exact) mass is 293 g/mol. The van der Waals surface area contributed by atoms with E-state index in [0.29, 0.717) is 5.02 Å². The Kier molecular flexibility index (Phi) is 3.27. The number of carbonyl (C=O) groups excluding carboxylic acids is 1. The lowest BCUT2D eigenvalue weighted by Crippen LogP contribution is -2.48. The first-order valence-electron chi connectivity index (χ1n) is 6.03. The number of methoxy groups -OCH3 is 1. The van der Waals surface area contributed by atoms with Crippen LogP contribution >= 0.6 is 11.6 Å². The van der Waals surface area contributed by atoms with Gasteiger partial charge in [-0.05, 0) is 6.07 Å². The predicted molar refractivity (Wildman–Crippen MR) is 71.9 cm³/mol. The number of pyridine rings is 1. The number of nitrogens with zero attached hydrogens (tertiary/aromatic N) is 5. The van der Waals surface area contributed by atoms with Crippen LogP contribution in [0.3, 0.4) is 0 Å². The fourth-order valence-electron chi connectivity index (χ4n) is 2.10. The number of aromatic nitrogens is 4. The molecule has 7 nitrogen and oxygen atoms in total. The molecule has 8 heteroatoms. The zero-order chi connectivity index (χ0) is 14.1. The van der Waals surface area contributed by atoms with Crippen molar-refractivity contribution in [2.75, 3.05) is 25.1 Å². The lowest BCUT2D eigenvalue weighted by molar-refractivity contribution is 0.0594. The summed E-state index contributed by atoms with van der Waals surface area (Å²) in [6.07, 6.45) is 4.93. The third kappa shape index (κ3) is 2.20. The lowest BCUT2D eigenvalue weighted by atomic mass is 10.1. The van der Waals surface area contributed by atoms with Crippen molar-refractivity contribution in [1.82, 2.24) is 20.0 Å². The molecule has 0 unspecified atom stereocenters. The molecule has 1 aliphatic heterocycles. The molecule has 0 amide bonds. The van der Waals surface area contributed by atoms with E-state index in [2.05, 4.69) is 24.9 Å². The Labute approximate surface area is 120 Å². The van der Waals surface area contributed by atoms with E-state index in [4.69, 9.17) is 11.6 Å². The number of halogens is 1. The highest BCUT2D eigenvalue weighted by Crippen LogP contribution is 2.32. The number of hydrogen-bond donors (Lipinski definition) is 0. The molecule has 0 N–H and O–H groups in total. The van der Waals surface area contributed by atoms with Gasteiger partial charge in [-0.2, -0.15) is 0 Å². The number of carbonyl (C=O) groups is 1. The molecule has 20 heavy (non-hydrogen) atoms. The van der Waals surface area contributed by atoms with E-state index in [1.165, 1.54) is 7.11 Å². The third-order valence-electron chi connectivity index (χ3n) is 3.23. The van der Waals surface area contributed by atoms with Crippen molar-refractivity contribution in [3.05, 3.63) is 35.4 Å². The molecule has 0 radical (unpaired) electrons. The van der Waals surface area contributed by atoms with Crippen LogP contribution in [0.25, 0.3) is 0 Å². The van der Waals surface area contributed by atoms with Gasteiger partial charge in [0.05, 0.1) is 30.1 Å². The molecule has 0 aromatic carbocycles. The van der Waals surface area contributed by atoms with Crippen molar-refractivity contribution >= 4 is 23.3 Å². The normalized spacial score (nSPS) is 15.0. The van der Waals surface area contributed by atoms with Crippen LogP contribution in [0.1, 0.15) is 16.5 Å². The maximum atomic E-state index is 11.3. The highest BCUT2D eigenvalue weighted by atomic mass is 35.5. The van der Waals surface area contributed by atoms with Crippen LogP contribution in [0.4, 0.5) is 5.69 Å². The van der Waals surface area contributed by atoms with Gasteiger partial charge in [0.15, 0.2) is 5.69 Å². The van der Waals surface area contributed by atoms with Gasteiger partial charge in [0, 0.05) is 25.5 Å². The van der Waals surface area contributed by atoms with Crippen LogP contribution in [0.5, 0.6) is 0 Å². The molecule has 3 heterocycles. The van der Waals surface area contributed by atoms with E-state index >= 15 is 0 Å². The molecule has 2 aromatic rings. The topological polar surface area (TPSA) is 73.1 Å². The Balaban J connectivity index is 1.67. The van der Waals surface area contributed by atoms with Crippen molar-refractivity contribution in [3.63, 3.8) is 0 Å². The maximum Gasteiger partial charge on any atom is 0.360 e. The summed E-state index contributed by atoms with van der Waals surface area (Å²) in [6.45, 7) is 1.52. The standard InChI is InChI=1S/C12H12ClN5O2/c1-20-12(19)10-7-18(16-15-10)8-5-17(6-8)11-2-3-14-4-9(11)13/h2-4,7-8H,5-6H2,1H3. The summed E-state index contributed by atoms with van der Waals surface area (Å²) in [5, 5.41) is 8.37. The second-order valence-electron chi connectivity index (χ2n) is 4.46. The Morgan fingerprint density at radius 2 is 2.30 bits per heavy atom. The highest BCUT2D eigenvalue weighted by molar-refractivity contribution is 6.33. The molecule has 0 spiro atoms. The smallest absolute Gasteiger partial charge is 0.360 e. The molecule has 3 rings (SSSR count). The molecular weight excluding hydrogens is 282 g/mol. The minimum absolute atomic E-state index is 0.171. The summed E-state index contributed by atoms with van der Waals surface area (Å²) >= 11 is 6.09. The largest absolute Gasteiger partial charge is 0.464 e. The number of esters is 1. The second-order valence-corrected chi connectivity index (χ2v) is 4.87. The van der Waals surface area contributed by atoms with Crippen LogP contribution in [0, 0.1) is 0 Å². The van der Waals surface area contributed by atoms with Crippen molar-refractivity contribution in [1.29, 1.82) is 0 Å². The van der Waals surface area contributed by atoms with E-state index in [9.17, 15) is 4.79 Å². The fourth-order valence-corrected chi connectivity index (χ4v) is 2.34. The molecule has 0 aliphatic carbocycles.